The van der Waals surface area contributed by atoms with Crippen molar-refractivity contribution in [2.45, 2.75) is 6.54 Å². The zero-order valence-corrected chi connectivity index (χ0v) is 14.8. The Hall–Kier alpha value is -3.28. The van der Waals surface area contributed by atoms with E-state index in [1.807, 2.05) is 18.2 Å². The second-order valence-electron chi connectivity index (χ2n) is 5.80. The number of rotatable bonds is 5. The lowest BCUT2D eigenvalue weighted by Crippen LogP contribution is -2.30. The first-order valence-corrected chi connectivity index (χ1v) is 8.03. The number of methoxy groups -OCH3 is 2. The highest BCUT2D eigenvalue weighted by Crippen LogP contribution is 2.31. The monoisotopic (exact) mass is 353 g/mol. The number of carbonyl (C=O) groups excluding carboxylic acids is 1. The summed E-state index contributed by atoms with van der Waals surface area (Å²) >= 11 is 0. The van der Waals surface area contributed by atoms with E-state index in [1.165, 1.54) is 4.90 Å². The molecule has 3 rings (SSSR count). The molecule has 2 aromatic carbocycles. The fraction of sp³-hybridized carbons (Fsp3) is 0.200. The van der Waals surface area contributed by atoms with Crippen molar-refractivity contribution in [3.63, 3.8) is 0 Å². The Morgan fingerprint density at radius 1 is 1.08 bits per heavy atom. The highest BCUT2D eigenvalue weighted by molar-refractivity contribution is 5.96. The molecule has 6 heteroatoms. The molecule has 0 N–H and O–H groups in total. The Morgan fingerprint density at radius 3 is 2.58 bits per heavy atom. The summed E-state index contributed by atoms with van der Waals surface area (Å²) in [5.74, 6) is 0.714. The maximum atomic E-state index is 12.8. The van der Waals surface area contributed by atoms with Crippen molar-refractivity contribution in [1.29, 1.82) is 0 Å². The third-order valence-electron chi connectivity index (χ3n) is 4.11. The van der Waals surface area contributed by atoms with Gasteiger partial charge in [-0.2, -0.15) is 0 Å². The fourth-order valence-electron chi connectivity index (χ4n) is 2.82. The van der Waals surface area contributed by atoms with E-state index < -0.39 is 11.5 Å². The van der Waals surface area contributed by atoms with Crippen LogP contribution in [0, 0.1) is 0 Å². The van der Waals surface area contributed by atoms with Gasteiger partial charge in [0.2, 0.25) is 0 Å². The third kappa shape index (κ3) is 3.26. The van der Waals surface area contributed by atoms with E-state index in [0.717, 1.165) is 5.56 Å². The van der Waals surface area contributed by atoms with Gasteiger partial charge in [-0.25, -0.2) is 4.79 Å². The Labute approximate surface area is 150 Å². The molecule has 0 spiro atoms. The van der Waals surface area contributed by atoms with Crippen molar-refractivity contribution >= 4 is 16.9 Å². The summed E-state index contributed by atoms with van der Waals surface area (Å²) in [6.45, 7) is 0.255. The number of amides is 1. The summed E-state index contributed by atoms with van der Waals surface area (Å²) in [6.07, 6.45) is 0. The molecule has 0 aliphatic rings. The molecule has 3 aromatic rings. The lowest BCUT2D eigenvalue weighted by atomic mass is 10.1. The van der Waals surface area contributed by atoms with Crippen LogP contribution < -0.4 is 15.1 Å². The van der Waals surface area contributed by atoms with Gasteiger partial charge in [0.1, 0.15) is 11.1 Å². The van der Waals surface area contributed by atoms with Crippen LogP contribution in [-0.4, -0.2) is 32.1 Å². The third-order valence-corrected chi connectivity index (χ3v) is 4.11. The normalized spacial score (nSPS) is 10.6. The molecule has 0 unspecified atom stereocenters. The smallest absolute Gasteiger partial charge is 0.349 e. The molecule has 0 aliphatic heterocycles. The van der Waals surface area contributed by atoms with Crippen molar-refractivity contribution < 1.29 is 18.7 Å². The number of para-hydroxylation sites is 2. The predicted molar refractivity (Wildman–Crippen MR) is 97.8 cm³/mol. The molecule has 0 fully saturated rings. The van der Waals surface area contributed by atoms with Gasteiger partial charge in [-0.05, 0) is 18.2 Å². The van der Waals surface area contributed by atoms with Gasteiger partial charge in [0.05, 0.1) is 14.2 Å². The number of fused-ring (bicyclic) bond motifs is 1. The number of nitrogens with zero attached hydrogens (tertiary/aromatic N) is 1. The maximum Gasteiger partial charge on any atom is 0.349 e. The molecule has 0 bridgehead atoms. The molecule has 134 valence electrons. The molecule has 1 heterocycles. The zero-order valence-electron chi connectivity index (χ0n) is 14.8. The highest BCUT2D eigenvalue weighted by Gasteiger charge is 2.20. The van der Waals surface area contributed by atoms with Crippen molar-refractivity contribution in [1.82, 2.24) is 4.90 Å². The summed E-state index contributed by atoms with van der Waals surface area (Å²) in [5.41, 5.74) is 0.560. The van der Waals surface area contributed by atoms with Crippen LogP contribution in [0.25, 0.3) is 11.0 Å². The minimum absolute atomic E-state index is 0.00642. The largest absolute Gasteiger partial charge is 0.493 e. The van der Waals surface area contributed by atoms with Gasteiger partial charge in [0.15, 0.2) is 11.5 Å². The molecule has 26 heavy (non-hydrogen) atoms. The minimum atomic E-state index is -0.654. The molecule has 0 saturated heterocycles. The van der Waals surface area contributed by atoms with E-state index in [4.69, 9.17) is 13.9 Å². The first-order chi connectivity index (χ1) is 12.5. The first kappa shape index (κ1) is 17.5. The lowest BCUT2D eigenvalue weighted by Gasteiger charge is -2.19. The van der Waals surface area contributed by atoms with E-state index in [9.17, 15) is 9.59 Å². The summed E-state index contributed by atoms with van der Waals surface area (Å²) in [5, 5.41) is 0.697. The van der Waals surface area contributed by atoms with Gasteiger partial charge in [-0.1, -0.05) is 30.3 Å². The van der Waals surface area contributed by atoms with Gasteiger partial charge in [0, 0.05) is 24.5 Å². The summed E-state index contributed by atoms with van der Waals surface area (Å²) < 4.78 is 15.9. The standard InChI is InChI=1S/C20H19NO5/c1-21(12-14-8-6-10-17(24-2)18(14)25-3)19(22)15-11-13-7-4-5-9-16(13)26-20(15)23/h4-11H,12H2,1-3H3. The second kappa shape index (κ2) is 7.31. The molecule has 6 nitrogen and oxygen atoms in total. The van der Waals surface area contributed by atoms with Crippen LogP contribution in [0.3, 0.4) is 0 Å². The second-order valence-corrected chi connectivity index (χ2v) is 5.80. The number of carbonyl (C=O) groups is 1. The molecular weight excluding hydrogens is 334 g/mol. The van der Waals surface area contributed by atoms with Crippen LogP contribution in [0.15, 0.2) is 57.7 Å². The van der Waals surface area contributed by atoms with Crippen LogP contribution in [0.5, 0.6) is 11.5 Å². The molecule has 1 aromatic heterocycles. The SMILES string of the molecule is COc1cccc(CN(C)C(=O)c2cc3ccccc3oc2=O)c1OC. The van der Waals surface area contributed by atoms with Crippen molar-refractivity contribution in [3.05, 3.63) is 70.1 Å². The number of hydrogen-bond acceptors (Lipinski definition) is 5. The highest BCUT2D eigenvalue weighted by atomic mass is 16.5. The zero-order chi connectivity index (χ0) is 18.7. The molecule has 0 radical (unpaired) electrons. The van der Waals surface area contributed by atoms with Gasteiger partial charge in [-0.3, -0.25) is 4.79 Å². The van der Waals surface area contributed by atoms with E-state index in [0.29, 0.717) is 22.5 Å². The van der Waals surface area contributed by atoms with Gasteiger partial charge < -0.3 is 18.8 Å². The van der Waals surface area contributed by atoms with Crippen molar-refractivity contribution in [2.24, 2.45) is 0 Å². The summed E-state index contributed by atoms with van der Waals surface area (Å²) in [7, 11) is 4.72. The van der Waals surface area contributed by atoms with E-state index in [-0.39, 0.29) is 12.1 Å². The van der Waals surface area contributed by atoms with Crippen molar-refractivity contribution in [3.8, 4) is 11.5 Å². The van der Waals surface area contributed by atoms with Crippen LogP contribution in [0.1, 0.15) is 15.9 Å². The Balaban J connectivity index is 1.92. The summed E-state index contributed by atoms with van der Waals surface area (Å²) in [4.78, 5) is 26.4. The van der Waals surface area contributed by atoms with E-state index in [1.54, 1.807) is 51.6 Å². The van der Waals surface area contributed by atoms with Crippen LogP contribution in [0.2, 0.25) is 0 Å². The fourth-order valence-corrected chi connectivity index (χ4v) is 2.82. The predicted octanol–water partition coefficient (Wildman–Crippen LogP) is 3.08. The van der Waals surface area contributed by atoms with Gasteiger partial charge >= 0.3 is 5.63 Å². The van der Waals surface area contributed by atoms with Crippen LogP contribution in [0.4, 0.5) is 0 Å². The molecule has 0 atom stereocenters. The van der Waals surface area contributed by atoms with Crippen LogP contribution >= 0.6 is 0 Å². The first-order valence-electron chi connectivity index (χ1n) is 8.03. The summed E-state index contributed by atoms with van der Waals surface area (Å²) in [6, 6.07) is 14.1. The molecule has 1 amide bonds. The Kier molecular flexibility index (Phi) is 4.93. The van der Waals surface area contributed by atoms with Crippen LogP contribution in [-0.2, 0) is 6.54 Å². The topological polar surface area (TPSA) is 69.0 Å². The average Bonchev–Trinajstić information content (AvgIpc) is 2.66. The molecular formula is C20H19NO5. The Morgan fingerprint density at radius 2 is 1.85 bits per heavy atom. The number of ether oxygens (including phenoxy) is 2. The van der Waals surface area contributed by atoms with E-state index >= 15 is 0 Å². The Bertz CT molecular complexity index is 1010. The van der Waals surface area contributed by atoms with E-state index in [2.05, 4.69) is 0 Å². The average molecular weight is 353 g/mol. The minimum Gasteiger partial charge on any atom is -0.493 e. The van der Waals surface area contributed by atoms with Gasteiger partial charge in [0.25, 0.3) is 5.91 Å². The van der Waals surface area contributed by atoms with Gasteiger partial charge in [-0.15, -0.1) is 0 Å². The maximum absolute atomic E-state index is 12.8. The number of hydrogen-bond donors (Lipinski definition) is 0. The molecule has 0 aliphatic carbocycles. The number of benzene rings is 2. The molecule has 0 saturated carbocycles. The lowest BCUT2D eigenvalue weighted by molar-refractivity contribution is 0.0780. The quantitative estimate of drug-likeness (QED) is 0.659. The van der Waals surface area contributed by atoms with Crippen molar-refractivity contribution in [2.75, 3.05) is 21.3 Å².